The number of halogens is 2. The highest BCUT2D eigenvalue weighted by molar-refractivity contribution is 6.18. The summed E-state index contributed by atoms with van der Waals surface area (Å²) < 4.78 is 5.90. The molecular formula is C20H20Cl2N2O. The summed E-state index contributed by atoms with van der Waals surface area (Å²) in [6, 6.07) is 14.1. The first kappa shape index (κ1) is 18.0. The molecule has 0 aliphatic carbocycles. The van der Waals surface area contributed by atoms with E-state index in [0.29, 0.717) is 23.5 Å². The van der Waals surface area contributed by atoms with Gasteiger partial charge in [-0.05, 0) is 40.3 Å². The molecule has 3 aromatic rings. The molecule has 0 aliphatic rings. The first-order chi connectivity index (χ1) is 11.9. The Morgan fingerprint density at radius 2 is 1.56 bits per heavy atom. The first-order valence-electron chi connectivity index (χ1n) is 8.11. The molecule has 0 saturated heterocycles. The van der Waals surface area contributed by atoms with E-state index in [4.69, 9.17) is 27.6 Å². The van der Waals surface area contributed by atoms with Gasteiger partial charge in [0, 0.05) is 22.9 Å². The Kier molecular flexibility index (Phi) is 5.16. The minimum Gasteiger partial charge on any atom is -0.416 e. The second kappa shape index (κ2) is 7.19. The Balaban J connectivity index is 1.95. The van der Waals surface area contributed by atoms with Gasteiger partial charge in [-0.1, -0.05) is 45.0 Å². The molecular weight excluding hydrogens is 355 g/mol. The van der Waals surface area contributed by atoms with Gasteiger partial charge in [0.2, 0.25) is 11.8 Å². The fourth-order valence-corrected chi connectivity index (χ4v) is 2.98. The van der Waals surface area contributed by atoms with Crippen molar-refractivity contribution in [3.8, 4) is 22.9 Å². The maximum atomic E-state index is 6.04. The van der Waals surface area contributed by atoms with E-state index < -0.39 is 0 Å². The highest BCUT2D eigenvalue weighted by Crippen LogP contribution is 2.30. The quantitative estimate of drug-likeness (QED) is 0.511. The van der Waals surface area contributed by atoms with Crippen LogP contribution >= 0.6 is 23.2 Å². The van der Waals surface area contributed by atoms with Gasteiger partial charge in [0.25, 0.3) is 0 Å². The van der Waals surface area contributed by atoms with Crippen LogP contribution in [0.5, 0.6) is 0 Å². The number of nitrogens with zero attached hydrogens (tertiary/aromatic N) is 2. The molecule has 1 aromatic heterocycles. The van der Waals surface area contributed by atoms with Crippen molar-refractivity contribution in [2.75, 3.05) is 0 Å². The molecule has 3 nitrogen and oxygen atoms in total. The monoisotopic (exact) mass is 374 g/mol. The van der Waals surface area contributed by atoms with Crippen molar-refractivity contribution in [2.24, 2.45) is 0 Å². The number of alkyl halides is 2. The molecule has 0 fully saturated rings. The molecule has 0 aliphatic heterocycles. The van der Waals surface area contributed by atoms with E-state index in [0.717, 1.165) is 22.3 Å². The van der Waals surface area contributed by atoms with Gasteiger partial charge in [0.15, 0.2) is 0 Å². The minimum atomic E-state index is 0.107. The molecule has 0 N–H and O–H groups in total. The standard InChI is InChI=1S/C20H20Cl2N2O/c1-20(2,3)16-8-6-14(7-9-16)18-23-24-19(25-18)17-10-13(11-21)4-5-15(17)12-22/h4-10H,11-12H2,1-3H3. The fraction of sp³-hybridized carbons (Fsp3) is 0.300. The van der Waals surface area contributed by atoms with E-state index in [1.807, 2.05) is 30.3 Å². The molecule has 0 bridgehead atoms. The van der Waals surface area contributed by atoms with Gasteiger partial charge in [0.05, 0.1) is 0 Å². The zero-order valence-corrected chi connectivity index (χ0v) is 16.0. The van der Waals surface area contributed by atoms with Gasteiger partial charge in [0.1, 0.15) is 0 Å². The van der Waals surface area contributed by atoms with Crippen LogP contribution in [0.3, 0.4) is 0 Å². The van der Waals surface area contributed by atoms with Gasteiger partial charge < -0.3 is 4.42 Å². The molecule has 0 radical (unpaired) electrons. The van der Waals surface area contributed by atoms with Crippen molar-refractivity contribution in [1.29, 1.82) is 0 Å². The van der Waals surface area contributed by atoms with Crippen LogP contribution in [0, 0.1) is 0 Å². The lowest BCUT2D eigenvalue weighted by molar-refractivity contribution is 0.581. The Hall–Kier alpha value is -1.84. The average Bonchev–Trinajstić information content (AvgIpc) is 3.10. The van der Waals surface area contributed by atoms with E-state index in [2.05, 4.69) is 43.1 Å². The van der Waals surface area contributed by atoms with Gasteiger partial charge in [-0.25, -0.2) is 0 Å². The average molecular weight is 375 g/mol. The molecule has 1 heterocycles. The Bertz CT molecular complexity index is 864. The summed E-state index contributed by atoms with van der Waals surface area (Å²) in [6.45, 7) is 6.55. The molecule has 0 spiro atoms. The summed E-state index contributed by atoms with van der Waals surface area (Å²) in [4.78, 5) is 0. The zero-order chi connectivity index (χ0) is 18.0. The molecule has 0 saturated carbocycles. The largest absolute Gasteiger partial charge is 0.416 e. The number of hydrogen-bond donors (Lipinski definition) is 0. The lowest BCUT2D eigenvalue weighted by atomic mass is 9.87. The van der Waals surface area contributed by atoms with E-state index in [1.54, 1.807) is 0 Å². The second-order valence-electron chi connectivity index (χ2n) is 7.00. The summed E-state index contributed by atoms with van der Waals surface area (Å²) in [6.07, 6.45) is 0. The maximum Gasteiger partial charge on any atom is 0.248 e. The van der Waals surface area contributed by atoms with Gasteiger partial charge in [-0.2, -0.15) is 0 Å². The third kappa shape index (κ3) is 3.88. The van der Waals surface area contributed by atoms with Crippen molar-refractivity contribution < 1.29 is 4.42 Å². The molecule has 2 aromatic carbocycles. The third-order valence-electron chi connectivity index (χ3n) is 4.13. The predicted octanol–water partition coefficient (Wildman–Crippen LogP) is 6.18. The highest BCUT2D eigenvalue weighted by Gasteiger charge is 2.16. The number of aromatic nitrogens is 2. The smallest absolute Gasteiger partial charge is 0.248 e. The van der Waals surface area contributed by atoms with Crippen LogP contribution in [0.4, 0.5) is 0 Å². The molecule has 3 rings (SSSR count). The minimum absolute atomic E-state index is 0.107. The predicted molar refractivity (Wildman–Crippen MR) is 103 cm³/mol. The number of hydrogen-bond acceptors (Lipinski definition) is 3. The summed E-state index contributed by atoms with van der Waals surface area (Å²) in [5.41, 5.74) is 5.02. The maximum absolute atomic E-state index is 6.04. The second-order valence-corrected chi connectivity index (χ2v) is 7.53. The van der Waals surface area contributed by atoms with Gasteiger partial charge >= 0.3 is 0 Å². The van der Waals surface area contributed by atoms with E-state index >= 15 is 0 Å². The molecule has 0 unspecified atom stereocenters. The van der Waals surface area contributed by atoms with E-state index in [9.17, 15) is 0 Å². The SMILES string of the molecule is CC(C)(C)c1ccc(-c2nnc(-c3cc(CCl)ccc3CCl)o2)cc1. The van der Waals surface area contributed by atoms with Crippen LogP contribution in [0.25, 0.3) is 22.9 Å². The van der Waals surface area contributed by atoms with Crippen molar-refractivity contribution in [3.63, 3.8) is 0 Å². The van der Waals surface area contributed by atoms with Crippen LogP contribution < -0.4 is 0 Å². The van der Waals surface area contributed by atoms with E-state index in [-0.39, 0.29) is 5.41 Å². The fourth-order valence-electron chi connectivity index (χ4n) is 2.58. The normalized spacial score (nSPS) is 11.7. The topological polar surface area (TPSA) is 38.9 Å². The third-order valence-corrected chi connectivity index (χ3v) is 4.72. The van der Waals surface area contributed by atoms with Crippen molar-refractivity contribution in [2.45, 2.75) is 37.9 Å². The lowest BCUT2D eigenvalue weighted by Gasteiger charge is -2.18. The Morgan fingerprint density at radius 3 is 2.16 bits per heavy atom. The zero-order valence-electron chi connectivity index (χ0n) is 14.5. The summed E-state index contributed by atoms with van der Waals surface area (Å²) in [5, 5.41) is 8.39. The van der Waals surface area contributed by atoms with Crippen LogP contribution in [0.15, 0.2) is 46.9 Å². The van der Waals surface area contributed by atoms with Crippen molar-refractivity contribution in [3.05, 3.63) is 59.2 Å². The molecule has 5 heteroatoms. The lowest BCUT2D eigenvalue weighted by Crippen LogP contribution is -2.10. The molecule has 25 heavy (non-hydrogen) atoms. The number of benzene rings is 2. The van der Waals surface area contributed by atoms with Gasteiger partial charge in [-0.15, -0.1) is 33.4 Å². The number of rotatable bonds is 4. The summed E-state index contributed by atoms with van der Waals surface area (Å²) in [5.74, 6) is 1.74. The molecule has 130 valence electrons. The van der Waals surface area contributed by atoms with Crippen LogP contribution in [-0.2, 0) is 17.2 Å². The van der Waals surface area contributed by atoms with Crippen LogP contribution in [0.1, 0.15) is 37.5 Å². The molecule has 0 amide bonds. The highest BCUT2D eigenvalue weighted by atomic mass is 35.5. The van der Waals surface area contributed by atoms with Crippen LogP contribution in [0.2, 0.25) is 0 Å². The van der Waals surface area contributed by atoms with Crippen LogP contribution in [-0.4, -0.2) is 10.2 Å². The van der Waals surface area contributed by atoms with Crippen molar-refractivity contribution in [1.82, 2.24) is 10.2 Å². The Morgan fingerprint density at radius 1 is 0.880 bits per heavy atom. The van der Waals surface area contributed by atoms with Gasteiger partial charge in [-0.3, -0.25) is 0 Å². The summed E-state index contributed by atoms with van der Waals surface area (Å²) >= 11 is 12.0. The first-order valence-corrected chi connectivity index (χ1v) is 9.18. The molecule has 0 atom stereocenters. The summed E-state index contributed by atoms with van der Waals surface area (Å²) in [7, 11) is 0. The van der Waals surface area contributed by atoms with E-state index in [1.165, 1.54) is 5.56 Å². The Labute approximate surface area is 158 Å². The van der Waals surface area contributed by atoms with Crippen molar-refractivity contribution >= 4 is 23.2 Å².